The molecule has 1 aromatic heterocycles. The van der Waals surface area contributed by atoms with Crippen molar-refractivity contribution in [2.75, 3.05) is 6.61 Å². The Balaban J connectivity index is 2.01. The summed E-state index contributed by atoms with van der Waals surface area (Å²) in [4.78, 5) is 0. The summed E-state index contributed by atoms with van der Waals surface area (Å²) < 4.78 is 7.67. The van der Waals surface area contributed by atoms with Gasteiger partial charge in [-0.15, -0.1) is 0 Å². The second kappa shape index (κ2) is 5.85. The molecule has 0 spiro atoms. The lowest BCUT2D eigenvalue weighted by atomic mass is 10.0. The molecule has 0 aliphatic heterocycles. The van der Waals surface area contributed by atoms with Crippen LogP contribution in [-0.2, 0) is 17.7 Å². The van der Waals surface area contributed by atoms with E-state index in [0.29, 0.717) is 18.9 Å². The molecule has 0 aromatic carbocycles. The molecule has 0 bridgehead atoms. The van der Waals surface area contributed by atoms with Crippen LogP contribution in [-0.4, -0.2) is 33.7 Å². The van der Waals surface area contributed by atoms with Gasteiger partial charge in [0.25, 0.3) is 0 Å². The van der Waals surface area contributed by atoms with Crippen molar-refractivity contribution >= 4 is 0 Å². The predicted molar refractivity (Wildman–Crippen MR) is 70.5 cm³/mol. The number of hydrogen-bond acceptors (Lipinski definition) is 3. The van der Waals surface area contributed by atoms with E-state index in [-0.39, 0.29) is 6.10 Å². The standard InChI is InChI=1S/C14H24N2O2/c1-4-16-12(8-10(3)15-16)9-13(17)14(18-5-2)11-6-7-11/h8,11,13-14,17H,4-7,9H2,1-3H3. The fraction of sp³-hybridized carbons (Fsp3) is 0.786. The minimum atomic E-state index is -0.418. The third kappa shape index (κ3) is 3.12. The molecule has 0 amide bonds. The van der Waals surface area contributed by atoms with Crippen molar-refractivity contribution in [2.24, 2.45) is 5.92 Å². The van der Waals surface area contributed by atoms with E-state index in [0.717, 1.165) is 17.9 Å². The van der Waals surface area contributed by atoms with Crippen LogP contribution in [0.25, 0.3) is 0 Å². The molecule has 1 fully saturated rings. The summed E-state index contributed by atoms with van der Waals surface area (Å²) in [7, 11) is 0. The zero-order chi connectivity index (χ0) is 13.1. The first-order valence-corrected chi connectivity index (χ1v) is 6.98. The maximum atomic E-state index is 10.4. The van der Waals surface area contributed by atoms with Gasteiger partial charge >= 0.3 is 0 Å². The minimum Gasteiger partial charge on any atom is -0.390 e. The Hall–Kier alpha value is -0.870. The molecule has 1 saturated carbocycles. The van der Waals surface area contributed by atoms with Gasteiger partial charge < -0.3 is 9.84 Å². The summed E-state index contributed by atoms with van der Waals surface area (Å²) in [5.74, 6) is 0.555. The van der Waals surface area contributed by atoms with Gasteiger partial charge in [0.1, 0.15) is 0 Å². The summed E-state index contributed by atoms with van der Waals surface area (Å²) in [5.41, 5.74) is 2.12. The summed E-state index contributed by atoms with van der Waals surface area (Å²) in [5, 5.41) is 14.8. The zero-order valence-corrected chi connectivity index (χ0v) is 11.6. The fourth-order valence-electron chi connectivity index (χ4n) is 2.55. The van der Waals surface area contributed by atoms with E-state index >= 15 is 0 Å². The van der Waals surface area contributed by atoms with Gasteiger partial charge in [0, 0.05) is 25.3 Å². The van der Waals surface area contributed by atoms with Crippen LogP contribution in [0.2, 0.25) is 0 Å². The van der Waals surface area contributed by atoms with E-state index in [2.05, 4.69) is 18.1 Å². The first kappa shape index (κ1) is 13.6. The molecule has 2 rings (SSSR count). The number of ether oxygens (including phenoxy) is 1. The quantitative estimate of drug-likeness (QED) is 0.806. The average Bonchev–Trinajstić information content (AvgIpc) is 3.10. The van der Waals surface area contributed by atoms with E-state index in [1.165, 1.54) is 12.8 Å². The smallest absolute Gasteiger partial charge is 0.0865 e. The highest BCUT2D eigenvalue weighted by Crippen LogP contribution is 2.36. The molecular formula is C14H24N2O2. The maximum Gasteiger partial charge on any atom is 0.0865 e. The van der Waals surface area contributed by atoms with Crippen LogP contribution < -0.4 is 0 Å². The highest BCUT2D eigenvalue weighted by molar-refractivity contribution is 5.10. The van der Waals surface area contributed by atoms with Crippen molar-refractivity contribution in [1.29, 1.82) is 0 Å². The molecule has 1 aliphatic rings. The van der Waals surface area contributed by atoms with E-state index in [9.17, 15) is 5.11 Å². The topological polar surface area (TPSA) is 47.3 Å². The molecule has 1 N–H and O–H groups in total. The largest absolute Gasteiger partial charge is 0.390 e. The highest BCUT2D eigenvalue weighted by Gasteiger charge is 2.36. The molecule has 2 unspecified atom stereocenters. The molecule has 4 heteroatoms. The molecule has 1 aromatic rings. The van der Waals surface area contributed by atoms with Crippen LogP contribution in [0.15, 0.2) is 6.07 Å². The van der Waals surface area contributed by atoms with Crippen molar-refractivity contribution in [3.05, 3.63) is 17.5 Å². The molecule has 0 saturated heterocycles. The van der Waals surface area contributed by atoms with Crippen molar-refractivity contribution in [1.82, 2.24) is 9.78 Å². The van der Waals surface area contributed by atoms with Gasteiger partial charge in [0.05, 0.1) is 17.9 Å². The normalized spacial score (nSPS) is 18.9. The zero-order valence-electron chi connectivity index (χ0n) is 11.6. The van der Waals surface area contributed by atoms with Crippen molar-refractivity contribution < 1.29 is 9.84 Å². The number of nitrogens with zero attached hydrogens (tertiary/aromatic N) is 2. The van der Waals surface area contributed by atoms with Gasteiger partial charge in [-0.25, -0.2) is 0 Å². The Morgan fingerprint density at radius 2 is 2.22 bits per heavy atom. The SMILES string of the molecule is CCOC(C(O)Cc1cc(C)nn1CC)C1CC1. The van der Waals surface area contributed by atoms with E-state index in [1.54, 1.807) is 0 Å². The first-order chi connectivity index (χ1) is 8.65. The fourth-order valence-corrected chi connectivity index (χ4v) is 2.55. The number of aliphatic hydroxyl groups excluding tert-OH is 1. The van der Waals surface area contributed by atoms with E-state index < -0.39 is 6.10 Å². The molecule has 1 aliphatic carbocycles. The molecule has 2 atom stereocenters. The molecule has 1 heterocycles. The number of aryl methyl sites for hydroxylation is 2. The Kier molecular flexibility index (Phi) is 4.40. The Labute approximate surface area is 109 Å². The third-order valence-corrected chi connectivity index (χ3v) is 3.53. The Morgan fingerprint density at radius 1 is 1.50 bits per heavy atom. The van der Waals surface area contributed by atoms with Crippen LogP contribution in [0.1, 0.15) is 38.1 Å². The summed E-state index contributed by atoms with van der Waals surface area (Å²) >= 11 is 0. The monoisotopic (exact) mass is 252 g/mol. The van der Waals surface area contributed by atoms with Gasteiger partial charge in [-0.2, -0.15) is 5.10 Å². The predicted octanol–water partition coefficient (Wildman–Crippen LogP) is 1.93. The molecule has 4 nitrogen and oxygen atoms in total. The van der Waals surface area contributed by atoms with Crippen LogP contribution >= 0.6 is 0 Å². The Bertz CT molecular complexity index is 385. The summed E-state index contributed by atoms with van der Waals surface area (Å²) in [6, 6.07) is 2.06. The highest BCUT2D eigenvalue weighted by atomic mass is 16.5. The van der Waals surface area contributed by atoms with Crippen LogP contribution in [0.3, 0.4) is 0 Å². The van der Waals surface area contributed by atoms with Crippen LogP contribution in [0, 0.1) is 12.8 Å². The van der Waals surface area contributed by atoms with Gasteiger partial charge in [0.15, 0.2) is 0 Å². The summed E-state index contributed by atoms with van der Waals surface area (Å²) in [6.45, 7) is 7.57. The van der Waals surface area contributed by atoms with Crippen LogP contribution in [0.5, 0.6) is 0 Å². The molecule has 18 heavy (non-hydrogen) atoms. The van der Waals surface area contributed by atoms with E-state index in [1.807, 2.05) is 18.5 Å². The third-order valence-electron chi connectivity index (χ3n) is 3.53. The number of hydrogen-bond donors (Lipinski definition) is 1. The second-order valence-corrected chi connectivity index (χ2v) is 5.12. The lowest BCUT2D eigenvalue weighted by Crippen LogP contribution is -2.33. The van der Waals surface area contributed by atoms with E-state index in [4.69, 9.17) is 4.74 Å². The Morgan fingerprint density at radius 3 is 2.78 bits per heavy atom. The van der Waals surface area contributed by atoms with Crippen molar-refractivity contribution in [3.63, 3.8) is 0 Å². The van der Waals surface area contributed by atoms with Gasteiger partial charge in [-0.3, -0.25) is 4.68 Å². The lowest BCUT2D eigenvalue weighted by Gasteiger charge is -2.22. The average molecular weight is 252 g/mol. The second-order valence-electron chi connectivity index (χ2n) is 5.12. The maximum absolute atomic E-state index is 10.4. The van der Waals surface area contributed by atoms with Gasteiger partial charge in [-0.1, -0.05) is 0 Å². The lowest BCUT2D eigenvalue weighted by molar-refractivity contribution is -0.0446. The van der Waals surface area contributed by atoms with Crippen molar-refractivity contribution in [2.45, 2.75) is 58.8 Å². The molecule has 102 valence electrons. The number of aliphatic hydroxyl groups is 1. The van der Waals surface area contributed by atoms with Crippen molar-refractivity contribution in [3.8, 4) is 0 Å². The summed E-state index contributed by atoms with van der Waals surface area (Å²) in [6.07, 6.45) is 2.59. The number of aromatic nitrogens is 2. The molecular weight excluding hydrogens is 228 g/mol. The minimum absolute atomic E-state index is 0.00416. The first-order valence-electron chi connectivity index (χ1n) is 6.98. The van der Waals surface area contributed by atoms with Gasteiger partial charge in [0.2, 0.25) is 0 Å². The number of rotatable bonds is 7. The molecule has 0 radical (unpaired) electrons. The van der Waals surface area contributed by atoms with Gasteiger partial charge in [-0.05, 0) is 45.6 Å². The van der Waals surface area contributed by atoms with Crippen LogP contribution in [0.4, 0.5) is 0 Å².